The van der Waals surface area contributed by atoms with Gasteiger partial charge in [0.05, 0.1) is 6.54 Å². The Morgan fingerprint density at radius 2 is 1.93 bits per heavy atom. The van der Waals surface area contributed by atoms with Gasteiger partial charge in [-0.2, -0.15) is 0 Å². The molecule has 0 saturated carbocycles. The number of H-pyrrole nitrogens is 1. The highest BCUT2D eigenvalue weighted by molar-refractivity contribution is 8.06. The second-order valence-electron chi connectivity index (χ2n) is 7.41. The summed E-state index contributed by atoms with van der Waals surface area (Å²) in [6, 6.07) is 3.59. The van der Waals surface area contributed by atoms with Gasteiger partial charge in [-0.25, -0.2) is 5.10 Å². The molecule has 3 rings (SSSR count). The number of aromatic nitrogens is 4. The number of thioether (sulfide) groups is 1. The van der Waals surface area contributed by atoms with Gasteiger partial charge in [-0.1, -0.05) is 39.5 Å². The smallest absolute Gasteiger partial charge is 0.168 e. The summed E-state index contributed by atoms with van der Waals surface area (Å²) in [5.74, 6) is 1.37. The lowest BCUT2D eigenvalue weighted by atomic mass is 9.91. The van der Waals surface area contributed by atoms with E-state index < -0.39 is 6.04 Å². The number of aromatic hydroxyl groups is 1. The Labute approximate surface area is 168 Å². The predicted molar refractivity (Wildman–Crippen MR) is 111 cm³/mol. The van der Waals surface area contributed by atoms with E-state index in [-0.39, 0.29) is 11.8 Å². The number of hydrogen-bond donors (Lipinski definition) is 2. The molecule has 7 nitrogen and oxygen atoms in total. The summed E-state index contributed by atoms with van der Waals surface area (Å²) in [5.41, 5.74) is 2.82. The van der Waals surface area contributed by atoms with E-state index in [2.05, 4.69) is 48.3 Å². The van der Waals surface area contributed by atoms with Crippen molar-refractivity contribution in [3.05, 3.63) is 51.2 Å². The second kappa shape index (κ2) is 8.60. The molecule has 1 aliphatic heterocycles. The van der Waals surface area contributed by atoms with E-state index >= 15 is 0 Å². The molecular formula is C20H25N5O2S. The lowest BCUT2D eigenvalue weighted by Gasteiger charge is -2.30. The zero-order valence-electron chi connectivity index (χ0n) is 16.5. The molecule has 1 aromatic carbocycles. The third-order valence-electron chi connectivity index (χ3n) is 4.70. The van der Waals surface area contributed by atoms with Crippen LogP contribution in [0.5, 0.6) is 5.75 Å². The van der Waals surface area contributed by atoms with Crippen LogP contribution in [0.4, 0.5) is 0 Å². The number of nitrogens with one attached hydrogen (secondary N) is 1. The number of phenols is 1. The lowest BCUT2D eigenvalue weighted by molar-refractivity contribution is -0.110. The number of hydrogen-bond acceptors (Lipinski definition) is 7. The molecule has 0 amide bonds. The van der Waals surface area contributed by atoms with Gasteiger partial charge in [-0.15, -0.1) is 5.10 Å². The van der Waals surface area contributed by atoms with Crippen LogP contribution in [0.2, 0.25) is 0 Å². The Kier molecular flexibility index (Phi) is 6.18. The Hall–Kier alpha value is -2.61. The molecule has 0 radical (unpaired) electrons. The summed E-state index contributed by atoms with van der Waals surface area (Å²) < 4.78 is 0. The van der Waals surface area contributed by atoms with E-state index in [9.17, 15) is 9.90 Å². The third kappa shape index (κ3) is 4.27. The molecule has 2 aromatic rings. The number of carbonyl (C=O) groups is 1. The van der Waals surface area contributed by atoms with E-state index in [1.807, 2.05) is 34.7 Å². The Balaban J connectivity index is 1.97. The molecule has 8 heteroatoms. The van der Waals surface area contributed by atoms with Crippen LogP contribution in [-0.4, -0.2) is 43.0 Å². The maximum Gasteiger partial charge on any atom is 0.168 e. The van der Waals surface area contributed by atoms with Gasteiger partial charge in [0.1, 0.15) is 18.1 Å². The standard InChI is InChI=1S/C20H25N5O2S/c1-12(2)15-7-14(8-16(13(3)4)20(15)27)9-18-17(11-26)25(5-6-28-18)10-19-21-23-24-22-19/h5-9,11-13,17,27H,10H2,1-4H3,(H,21,22,23,24). The first-order valence-electron chi connectivity index (χ1n) is 9.26. The molecule has 0 bridgehead atoms. The van der Waals surface area contributed by atoms with Crippen LogP contribution in [0, 0.1) is 0 Å². The van der Waals surface area contributed by atoms with Crippen molar-refractivity contribution in [1.82, 2.24) is 25.5 Å². The zero-order chi connectivity index (χ0) is 20.3. The first kappa shape index (κ1) is 20.1. The molecule has 0 spiro atoms. The maximum atomic E-state index is 11.9. The molecule has 1 unspecified atom stereocenters. The molecule has 28 heavy (non-hydrogen) atoms. The number of carbonyl (C=O) groups excluding carboxylic acids is 1. The number of tetrazole rings is 1. The topological polar surface area (TPSA) is 95.0 Å². The molecule has 2 N–H and O–H groups in total. The molecule has 1 aromatic heterocycles. The van der Waals surface area contributed by atoms with Crippen molar-refractivity contribution < 1.29 is 9.90 Å². The van der Waals surface area contributed by atoms with Crippen LogP contribution >= 0.6 is 11.8 Å². The molecule has 1 aliphatic rings. The highest BCUT2D eigenvalue weighted by Crippen LogP contribution is 2.37. The number of rotatable bonds is 6. The van der Waals surface area contributed by atoms with Gasteiger partial charge >= 0.3 is 0 Å². The van der Waals surface area contributed by atoms with Crippen molar-refractivity contribution in [2.75, 3.05) is 0 Å². The molecule has 148 valence electrons. The largest absolute Gasteiger partial charge is 0.507 e. The first-order valence-corrected chi connectivity index (χ1v) is 10.1. The summed E-state index contributed by atoms with van der Waals surface area (Å²) in [5, 5.41) is 26.4. The summed E-state index contributed by atoms with van der Waals surface area (Å²) in [6.07, 6.45) is 4.83. The normalized spacial score (nSPS) is 18.4. The van der Waals surface area contributed by atoms with E-state index in [0.717, 1.165) is 27.9 Å². The summed E-state index contributed by atoms with van der Waals surface area (Å²) in [4.78, 5) is 14.7. The highest BCUT2D eigenvalue weighted by Gasteiger charge is 2.24. The fraction of sp³-hybridized carbons (Fsp3) is 0.400. The lowest BCUT2D eigenvalue weighted by Crippen LogP contribution is -2.34. The highest BCUT2D eigenvalue weighted by atomic mass is 32.2. The average molecular weight is 400 g/mol. The van der Waals surface area contributed by atoms with E-state index in [1.54, 1.807) is 0 Å². The number of nitrogens with zero attached hydrogens (tertiary/aromatic N) is 4. The molecule has 0 fully saturated rings. The van der Waals surface area contributed by atoms with Crippen LogP contribution in [0.15, 0.2) is 28.6 Å². The van der Waals surface area contributed by atoms with Crippen LogP contribution in [0.1, 0.15) is 62.0 Å². The second-order valence-corrected chi connectivity index (χ2v) is 8.39. The molecule has 0 saturated heterocycles. The number of aldehydes is 1. The first-order chi connectivity index (χ1) is 13.4. The van der Waals surface area contributed by atoms with Crippen molar-refractivity contribution in [2.45, 2.75) is 52.1 Å². The maximum absolute atomic E-state index is 11.9. The molecular weight excluding hydrogens is 374 g/mol. The van der Waals surface area contributed by atoms with Crippen molar-refractivity contribution in [2.24, 2.45) is 0 Å². The molecule has 2 heterocycles. The van der Waals surface area contributed by atoms with E-state index in [1.165, 1.54) is 11.8 Å². The minimum absolute atomic E-state index is 0.201. The summed E-state index contributed by atoms with van der Waals surface area (Å²) in [6.45, 7) is 8.67. The monoisotopic (exact) mass is 399 g/mol. The Morgan fingerprint density at radius 1 is 1.25 bits per heavy atom. The van der Waals surface area contributed by atoms with Crippen LogP contribution in [0.25, 0.3) is 6.08 Å². The predicted octanol–water partition coefficient (Wildman–Crippen LogP) is 3.78. The van der Waals surface area contributed by atoms with Crippen molar-refractivity contribution >= 4 is 24.1 Å². The van der Waals surface area contributed by atoms with E-state index in [4.69, 9.17) is 0 Å². The van der Waals surface area contributed by atoms with Gasteiger partial charge < -0.3 is 14.8 Å². The minimum atomic E-state index is -0.418. The third-order valence-corrected chi connectivity index (χ3v) is 5.59. The van der Waals surface area contributed by atoms with E-state index in [0.29, 0.717) is 18.1 Å². The number of benzene rings is 1. The van der Waals surface area contributed by atoms with Crippen LogP contribution in [0.3, 0.4) is 0 Å². The van der Waals surface area contributed by atoms with Crippen LogP contribution in [-0.2, 0) is 11.3 Å². The van der Waals surface area contributed by atoms with Gasteiger partial charge in [0.25, 0.3) is 0 Å². The summed E-state index contributed by atoms with van der Waals surface area (Å²) >= 11 is 1.52. The summed E-state index contributed by atoms with van der Waals surface area (Å²) in [7, 11) is 0. The van der Waals surface area contributed by atoms with Gasteiger partial charge in [-0.05, 0) is 62.6 Å². The number of aromatic amines is 1. The Morgan fingerprint density at radius 3 is 2.46 bits per heavy atom. The quantitative estimate of drug-likeness (QED) is 0.714. The Bertz CT molecular complexity index is 861. The minimum Gasteiger partial charge on any atom is -0.507 e. The number of phenolic OH excluding ortho intramolecular Hbond substituents is 1. The van der Waals surface area contributed by atoms with Gasteiger partial charge in [-0.3, -0.25) is 0 Å². The van der Waals surface area contributed by atoms with Crippen LogP contribution < -0.4 is 0 Å². The fourth-order valence-electron chi connectivity index (χ4n) is 3.18. The SMILES string of the molecule is CC(C)c1cc(C=C2SC=CN(Cc3nnn[nH]3)C2C=O)cc(C(C)C)c1O. The van der Waals surface area contributed by atoms with Gasteiger partial charge in [0.2, 0.25) is 0 Å². The zero-order valence-corrected chi connectivity index (χ0v) is 17.3. The van der Waals surface area contributed by atoms with Crippen molar-refractivity contribution in [3.8, 4) is 5.75 Å². The molecule has 0 aliphatic carbocycles. The van der Waals surface area contributed by atoms with Gasteiger partial charge in [0.15, 0.2) is 5.82 Å². The van der Waals surface area contributed by atoms with Crippen molar-refractivity contribution in [1.29, 1.82) is 0 Å². The van der Waals surface area contributed by atoms with Gasteiger partial charge in [0, 0.05) is 11.1 Å². The average Bonchev–Trinajstić information content (AvgIpc) is 3.16. The van der Waals surface area contributed by atoms with Crippen molar-refractivity contribution in [3.63, 3.8) is 0 Å². The molecule has 1 atom stereocenters. The fourth-order valence-corrected chi connectivity index (χ4v) is 4.09.